The van der Waals surface area contributed by atoms with Crippen molar-refractivity contribution in [2.24, 2.45) is 5.92 Å². The maximum atomic E-state index is 4.56. The van der Waals surface area contributed by atoms with Crippen molar-refractivity contribution < 1.29 is 0 Å². The van der Waals surface area contributed by atoms with Crippen LogP contribution in [-0.4, -0.2) is 40.9 Å². The van der Waals surface area contributed by atoms with Gasteiger partial charge >= 0.3 is 0 Å². The number of aromatic nitrogens is 3. The third-order valence-electron chi connectivity index (χ3n) is 4.57. The lowest BCUT2D eigenvalue weighted by Gasteiger charge is -2.34. The Balaban J connectivity index is 1.61. The lowest BCUT2D eigenvalue weighted by molar-refractivity contribution is 0.317. The Morgan fingerprint density at radius 3 is 2.47 bits per heavy atom. The number of nitrogens with one attached hydrogen (secondary N) is 1. The molecule has 2 fully saturated rings. The molecule has 3 heterocycles. The van der Waals surface area contributed by atoms with Crippen LogP contribution in [-0.2, 0) is 0 Å². The Bertz CT molecular complexity index is 433. The quantitative estimate of drug-likeness (QED) is 0.873. The van der Waals surface area contributed by atoms with E-state index in [1.807, 2.05) is 13.8 Å². The molecule has 0 bridgehead atoms. The van der Waals surface area contributed by atoms with Crippen LogP contribution in [0.25, 0.3) is 0 Å². The minimum Gasteiger partial charge on any atom is -0.340 e. The summed E-state index contributed by atoms with van der Waals surface area (Å²) in [5, 5.41) is 12.1. The van der Waals surface area contributed by atoms with E-state index < -0.39 is 0 Å². The van der Waals surface area contributed by atoms with E-state index in [2.05, 4.69) is 25.4 Å². The maximum absolute atomic E-state index is 4.56. The molecule has 2 aliphatic rings. The van der Waals surface area contributed by atoms with Gasteiger partial charge in [0.05, 0.1) is 11.4 Å². The summed E-state index contributed by atoms with van der Waals surface area (Å²) in [6.45, 7) is 7.29. The van der Waals surface area contributed by atoms with Gasteiger partial charge in [0, 0.05) is 19.1 Å². The summed E-state index contributed by atoms with van der Waals surface area (Å²) in [7, 11) is 0. The van der Waals surface area contributed by atoms with Crippen LogP contribution in [0, 0.1) is 19.8 Å². The molecule has 1 unspecified atom stereocenters. The molecule has 104 valence electrons. The van der Waals surface area contributed by atoms with Gasteiger partial charge in [-0.3, -0.25) is 0 Å². The van der Waals surface area contributed by atoms with Crippen molar-refractivity contribution in [1.82, 2.24) is 20.5 Å². The highest BCUT2D eigenvalue weighted by atomic mass is 15.3. The molecule has 5 heteroatoms. The summed E-state index contributed by atoms with van der Waals surface area (Å²) in [4.78, 5) is 6.84. The second kappa shape index (κ2) is 5.41. The van der Waals surface area contributed by atoms with Crippen LogP contribution in [0.15, 0.2) is 0 Å². The van der Waals surface area contributed by atoms with E-state index in [-0.39, 0.29) is 0 Å². The Morgan fingerprint density at radius 1 is 1.05 bits per heavy atom. The SMILES string of the molecule is Cc1nnc(N2CCC(C3CCCN3)CC2)nc1C. The molecule has 19 heavy (non-hydrogen) atoms. The Morgan fingerprint density at radius 2 is 1.84 bits per heavy atom. The molecule has 0 aromatic carbocycles. The molecule has 1 aromatic rings. The van der Waals surface area contributed by atoms with E-state index in [1.165, 1.54) is 32.2 Å². The standard InChI is InChI=1S/C14H23N5/c1-10-11(2)17-18-14(16-10)19-8-5-12(6-9-19)13-4-3-7-15-13/h12-13,15H,3-9H2,1-2H3. The fourth-order valence-electron chi connectivity index (χ4n) is 3.19. The summed E-state index contributed by atoms with van der Waals surface area (Å²) in [6, 6.07) is 0.751. The third kappa shape index (κ3) is 2.71. The first-order valence-electron chi connectivity index (χ1n) is 7.40. The number of aryl methyl sites for hydroxylation is 2. The Kier molecular flexibility index (Phi) is 3.64. The molecule has 0 spiro atoms. The van der Waals surface area contributed by atoms with E-state index in [1.54, 1.807) is 0 Å². The van der Waals surface area contributed by atoms with Gasteiger partial charge in [0.15, 0.2) is 0 Å². The van der Waals surface area contributed by atoms with Gasteiger partial charge in [-0.1, -0.05) is 0 Å². The van der Waals surface area contributed by atoms with Crippen molar-refractivity contribution in [1.29, 1.82) is 0 Å². The molecule has 1 atom stereocenters. The normalized spacial score (nSPS) is 24.9. The number of rotatable bonds is 2. The fourth-order valence-corrected chi connectivity index (χ4v) is 3.19. The highest BCUT2D eigenvalue weighted by Gasteiger charge is 2.29. The highest BCUT2D eigenvalue weighted by Crippen LogP contribution is 2.27. The van der Waals surface area contributed by atoms with E-state index in [0.717, 1.165) is 42.4 Å². The van der Waals surface area contributed by atoms with Crippen molar-refractivity contribution in [3.8, 4) is 0 Å². The Labute approximate surface area is 114 Å². The van der Waals surface area contributed by atoms with Gasteiger partial charge in [-0.2, -0.15) is 5.10 Å². The zero-order valence-electron chi connectivity index (χ0n) is 11.9. The minimum absolute atomic E-state index is 0.751. The van der Waals surface area contributed by atoms with Crippen molar-refractivity contribution in [3.63, 3.8) is 0 Å². The molecule has 3 rings (SSSR count). The van der Waals surface area contributed by atoms with Gasteiger partial charge in [-0.15, -0.1) is 5.10 Å². The van der Waals surface area contributed by atoms with E-state index in [9.17, 15) is 0 Å². The molecule has 0 amide bonds. The number of piperidine rings is 1. The van der Waals surface area contributed by atoms with Crippen molar-refractivity contribution in [3.05, 3.63) is 11.4 Å². The molecule has 2 saturated heterocycles. The van der Waals surface area contributed by atoms with Gasteiger partial charge < -0.3 is 10.2 Å². The van der Waals surface area contributed by atoms with Gasteiger partial charge in [-0.05, 0) is 52.0 Å². The van der Waals surface area contributed by atoms with Crippen molar-refractivity contribution >= 4 is 5.95 Å². The smallest absolute Gasteiger partial charge is 0.245 e. The predicted molar refractivity (Wildman–Crippen MR) is 75.3 cm³/mol. The Hall–Kier alpha value is -1.23. The zero-order chi connectivity index (χ0) is 13.2. The fraction of sp³-hybridized carbons (Fsp3) is 0.786. The first-order chi connectivity index (χ1) is 9.24. The van der Waals surface area contributed by atoms with E-state index >= 15 is 0 Å². The maximum Gasteiger partial charge on any atom is 0.245 e. The highest BCUT2D eigenvalue weighted by molar-refractivity contribution is 5.30. The van der Waals surface area contributed by atoms with Crippen LogP contribution in [0.5, 0.6) is 0 Å². The first-order valence-corrected chi connectivity index (χ1v) is 7.40. The summed E-state index contributed by atoms with van der Waals surface area (Å²) in [6.07, 6.45) is 5.18. The van der Waals surface area contributed by atoms with Crippen molar-refractivity contribution in [2.75, 3.05) is 24.5 Å². The van der Waals surface area contributed by atoms with Crippen LogP contribution in [0.1, 0.15) is 37.1 Å². The molecule has 1 aromatic heterocycles. The largest absolute Gasteiger partial charge is 0.340 e. The van der Waals surface area contributed by atoms with Gasteiger partial charge in [-0.25, -0.2) is 4.98 Å². The minimum atomic E-state index is 0.751. The molecule has 1 N–H and O–H groups in total. The first kappa shape index (κ1) is 12.8. The predicted octanol–water partition coefficient (Wildman–Crippen LogP) is 1.46. The van der Waals surface area contributed by atoms with Gasteiger partial charge in [0.2, 0.25) is 5.95 Å². The number of anilines is 1. The molecule has 0 radical (unpaired) electrons. The molecule has 2 aliphatic heterocycles. The summed E-state index contributed by atoms with van der Waals surface area (Å²) >= 11 is 0. The van der Waals surface area contributed by atoms with Crippen LogP contribution in [0.4, 0.5) is 5.95 Å². The van der Waals surface area contributed by atoms with Crippen molar-refractivity contribution in [2.45, 2.75) is 45.6 Å². The number of hydrogen-bond acceptors (Lipinski definition) is 5. The van der Waals surface area contributed by atoms with Gasteiger partial charge in [0.25, 0.3) is 0 Å². The lowest BCUT2D eigenvalue weighted by Crippen LogP contribution is -2.41. The molecular weight excluding hydrogens is 238 g/mol. The van der Waals surface area contributed by atoms with E-state index in [0.29, 0.717) is 0 Å². The molecule has 5 nitrogen and oxygen atoms in total. The summed E-state index contributed by atoms with van der Waals surface area (Å²) < 4.78 is 0. The molecular formula is C14H23N5. The average molecular weight is 261 g/mol. The zero-order valence-corrected chi connectivity index (χ0v) is 11.9. The summed E-state index contributed by atoms with van der Waals surface area (Å²) in [5.41, 5.74) is 1.92. The monoisotopic (exact) mass is 261 g/mol. The van der Waals surface area contributed by atoms with Crippen LogP contribution in [0.3, 0.4) is 0 Å². The lowest BCUT2D eigenvalue weighted by atomic mass is 9.89. The second-order valence-corrected chi connectivity index (χ2v) is 5.81. The van der Waals surface area contributed by atoms with Crippen LogP contribution >= 0.6 is 0 Å². The molecule has 0 aliphatic carbocycles. The topological polar surface area (TPSA) is 53.9 Å². The van der Waals surface area contributed by atoms with Crippen LogP contribution < -0.4 is 10.2 Å². The summed E-state index contributed by atoms with van der Waals surface area (Å²) in [5.74, 6) is 1.64. The number of hydrogen-bond donors (Lipinski definition) is 1. The van der Waals surface area contributed by atoms with E-state index in [4.69, 9.17) is 0 Å². The average Bonchev–Trinajstić information content (AvgIpc) is 2.96. The van der Waals surface area contributed by atoms with Crippen LogP contribution in [0.2, 0.25) is 0 Å². The molecule has 0 saturated carbocycles. The second-order valence-electron chi connectivity index (χ2n) is 5.81. The van der Waals surface area contributed by atoms with Gasteiger partial charge in [0.1, 0.15) is 0 Å². The number of nitrogens with zero attached hydrogens (tertiary/aromatic N) is 4. The third-order valence-corrected chi connectivity index (χ3v) is 4.57.